The van der Waals surface area contributed by atoms with E-state index in [0.717, 1.165) is 38.8 Å². The molecular weight excluding hydrogens is 430 g/mol. The second-order valence-electron chi connectivity index (χ2n) is 11.9. The van der Waals surface area contributed by atoms with Gasteiger partial charge in [0.15, 0.2) is 8.32 Å². The Morgan fingerprint density at radius 3 is 2.42 bits per heavy atom. The summed E-state index contributed by atoms with van der Waals surface area (Å²) in [6, 6.07) is 0.308. The number of hydrogen-bond acceptors (Lipinski definition) is 6. The van der Waals surface area contributed by atoms with Crippen molar-refractivity contribution in [1.29, 1.82) is 0 Å². The second kappa shape index (κ2) is 8.99. The van der Waals surface area contributed by atoms with Crippen molar-refractivity contribution in [2.24, 2.45) is 17.3 Å². The first-order chi connectivity index (χ1) is 14.2. The van der Waals surface area contributed by atoms with Crippen LogP contribution in [0.5, 0.6) is 0 Å². The van der Waals surface area contributed by atoms with Crippen LogP contribution >= 0.6 is 0 Å². The third-order valence-electron chi connectivity index (χ3n) is 8.84. The Labute approximate surface area is 191 Å². The molecule has 2 aliphatic heterocycles. The lowest BCUT2D eigenvalue weighted by atomic mass is 9.53. The highest BCUT2D eigenvalue weighted by molar-refractivity contribution is 7.86. The van der Waals surface area contributed by atoms with Gasteiger partial charge in [0.25, 0.3) is 10.1 Å². The summed E-state index contributed by atoms with van der Waals surface area (Å²) in [4.78, 5) is 2.56. The number of aliphatic hydroxyl groups is 1. The molecule has 6 nitrogen and oxygen atoms in total. The molecule has 3 aliphatic rings. The fourth-order valence-electron chi connectivity index (χ4n) is 6.53. The smallest absolute Gasteiger partial charge is 0.264 e. The van der Waals surface area contributed by atoms with Gasteiger partial charge in [0.05, 0.1) is 18.5 Å². The maximum atomic E-state index is 12.3. The molecule has 3 fully saturated rings. The van der Waals surface area contributed by atoms with E-state index in [1.165, 1.54) is 6.26 Å². The highest BCUT2D eigenvalue weighted by Gasteiger charge is 2.62. The summed E-state index contributed by atoms with van der Waals surface area (Å²) in [5.74, 6) is 0.271. The molecule has 0 amide bonds. The van der Waals surface area contributed by atoms with E-state index in [-0.39, 0.29) is 41.1 Å². The van der Waals surface area contributed by atoms with Crippen molar-refractivity contribution in [2.75, 3.05) is 26.0 Å². The van der Waals surface area contributed by atoms with Gasteiger partial charge in [-0.1, -0.05) is 27.7 Å². The molecule has 0 aromatic carbocycles. The summed E-state index contributed by atoms with van der Waals surface area (Å²) in [5.41, 5.74) is -0.292. The molecular formula is C23H45NO5SSi. The van der Waals surface area contributed by atoms with Crippen LogP contribution in [0.25, 0.3) is 0 Å². The van der Waals surface area contributed by atoms with Crippen LogP contribution in [0.15, 0.2) is 0 Å². The normalized spacial score (nSPS) is 37.9. The fourth-order valence-corrected chi connectivity index (χ4v) is 8.64. The molecule has 31 heavy (non-hydrogen) atoms. The number of fused-ring (bicyclic) bond motifs is 2. The highest BCUT2D eigenvalue weighted by Crippen LogP contribution is 2.58. The molecule has 3 rings (SSSR count). The molecule has 2 heterocycles. The van der Waals surface area contributed by atoms with Gasteiger partial charge < -0.3 is 9.53 Å². The van der Waals surface area contributed by atoms with Crippen LogP contribution in [-0.4, -0.2) is 70.9 Å². The van der Waals surface area contributed by atoms with E-state index < -0.39 is 18.4 Å². The first kappa shape index (κ1) is 25.6. The van der Waals surface area contributed by atoms with Crippen molar-refractivity contribution in [3.63, 3.8) is 0 Å². The molecule has 0 unspecified atom stereocenters. The van der Waals surface area contributed by atoms with Crippen LogP contribution in [-0.2, 0) is 18.7 Å². The zero-order valence-corrected chi connectivity index (χ0v) is 22.5. The average molecular weight is 476 g/mol. The van der Waals surface area contributed by atoms with Gasteiger partial charge >= 0.3 is 0 Å². The lowest BCUT2D eigenvalue weighted by molar-refractivity contribution is -0.168. The topological polar surface area (TPSA) is 76.1 Å². The number of aliphatic hydroxyl groups excluding tert-OH is 1. The minimum Gasteiger partial charge on any atom is -0.413 e. The third-order valence-corrected chi connectivity index (χ3v) is 13.9. The van der Waals surface area contributed by atoms with E-state index in [1.807, 2.05) is 0 Å². The van der Waals surface area contributed by atoms with E-state index in [4.69, 9.17) is 8.61 Å². The number of piperidine rings is 1. The van der Waals surface area contributed by atoms with Crippen LogP contribution < -0.4 is 0 Å². The molecule has 8 heteroatoms. The fraction of sp³-hybridized carbons (Fsp3) is 1.00. The van der Waals surface area contributed by atoms with Crippen LogP contribution in [0, 0.1) is 17.3 Å². The molecule has 0 radical (unpaired) electrons. The summed E-state index contributed by atoms with van der Waals surface area (Å²) < 4.78 is 37.6. The predicted octanol–water partition coefficient (Wildman–Crippen LogP) is 4.00. The Balaban J connectivity index is 2.08. The van der Waals surface area contributed by atoms with Crippen LogP contribution in [0.3, 0.4) is 0 Å². The summed E-state index contributed by atoms with van der Waals surface area (Å²) >= 11 is 0. The van der Waals surface area contributed by atoms with Gasteiger partial charge in [0.2, 0.25) is 0 Å². The molecule has 2 saturated heterocycles. The SMILES string of the molecule is C[C@H]1C[C@@H](OS(C)(=O)=O)[C@@]2(CCCN3CCC[C@@H]32)[C@H](CCO)[C@H]1O[Si](C)(C)C(C)(C)C. The maximum Gasteiger partial charge on any atom is 0.264 e. The second-order valence-corrected chi connectivity index (χ2v) is 18.2. The Bertz CT molecular complexity index is 737. The van der Waals surface area contributed by atoms with Gasteiger partial charge in [-0.3, -0.25) is 9.08 Å². The molecule has 0 bridgehead atoms. The summed E-state index contributed by atoms with van der Waals surface area (Å²) in [6.07, 6.45) is 6.40. The zero-order chi connectivity index (χ0) is 23.2. The number of rotatable bonds is 6. The van der Waals surface area contributed by atoms with Gasteiger partial charge in [-0.05, 0) is 81.6 Å². The van der Waals surface area contributed by atoms with Gasteiger partial charge in [0, 0.05) is 18.1 Å². The largest absolute Gasteiger partial charge is 0.413 e. The van der Waals surface area contributed by atoms with Crippen LogP contribution in [0.4, 0.5) is 0 Å². The Morgan fingerprint density at radius 2 is 1.84 bits per heavy atom. The molecule has 1 saturated carbocycles. The van der Waals surface area contributed by atoms with E-state index in [2.05, 4.69) is 45.7 Å². The number of nitrogens with zero attached hydrogens (tertiary/aromatic N) is 1. The van der Waals surface area contributed by atoms with E-state index in [0.29, 0.717) is 18.9 Å². The third kappa shape index (κ3) is 4.94. The average Bonchev–Trinajstić information content (AvgIpc) is 3.10. The monoisotopic (exact) mass is 475 g/mol. The highest BCUT2D eigenvalue weighted by atomic mass is 32.2. The molecule has 6 atom stereocenters. The quantitative estimate of drug-likeness (QED) is 0.462. The van der Waals surface area contributed by atoms with Crippen molar-refractivity contribution in [3.05, 3.63) is 0 Å². The summed E-state index contributed by atoms with van der Waals surface area (Å²) in [7, 11) is -5.62. The Kier molecular flexibility index (Phi) is 7.43. The lowest BCUT2D eigenvalue weighted by Gasteiger charge is -2.61. The van der Waals surface area contributed by atoms with E-state index >= 15 is 0 Å². The number of hydrogen-bond donors (Lipinski definition) is 1. The molecule has 0 aromatic rings. The first-order valence-corrected chi connectivity index (χ1v) is 16.9. The van der Waals surface area contributed by atoms with Crippen molar-refractivity contribution in [2.45, 2.75) is 103 Å². The molecule has 182 valence electrons. The first-order valence-electron chi connectivity index (χ1n) is 12.1. The van der Waals surface area contributed by atoms with Gasteiger partial charge in [-0.15, -0.1) is 0 Å². The molecule has 1 spiro atoms. The van der Waals surface area contributed by atoms with Crippen molar-refractivity contribution in [3.8, 4) is 0 Å². The van der Waals surface area contributed by atoms with Crippen molar-refractivity contribution < 1.29 is 22.1 Å². The minimum atomic E-state index is -3.58. The maximum absolute atomic E-state index is 12.3. The summed E-state index contributed by atoms with van der Waals surface area (Å²) in [6.45, 7) is 15.8. The molecule has 0 aromatic heterocycles. The molecule has 1 aliphatic carbocycles. The van der Waals surface area contributed by atoms with Gasteiger partial charge in [-0.2, -0.15) is 8.42 Å². The van der Waals surface area contributed by atoms with Crippen LogP contribution in [0.2, 0.25) is 18.1 Å². The lowest BCUT2D eigenvalue weighted by Crippen LogP contribution is -2.66. The van der Waals surface area contributed by atoms with Gasteiger partial charge in [-0.25, -0.2) is 0 Å². The van der Waals surface area contributed by atoms with E-state index in [9.17, 15) is 13.5 Å². The summed E-state index contributed by atoms with van der Waals surface area (Å²) in [5, 5.41) is 10.2. The van der Waals surface area contributed by atoms with E-state index in [1.54, 1.807) is 0 Å². The molecule has 1 N–H and O–H groups in total. The zero-order valence-electron chi connectivity index (χ0n) is 20.7. The van der Waals surface area contributed by atoms with Gasteiger partial charge in [0.1, 0.15) is 0 Å². The Hall–Kier alpha value is 0.00688. The van der Waals surface area contributed by atoms with Crippen LogP contribution in [0.1, 0.15) is 66.2 Å². The predicted molar refractivity (Wildman–Crippen MR) is 127 cm³/mol. The van der Waals surface area contributed by atoms with Crippen molar-refractivity contribution in [1.82, 2.24) is 4.90 Å². The minimum absolute atomic E-state index is 0.0213. The van der Waals surface area contributed by atoms with Crippen molar-refractivity contribution >= 4 is 18.4 Å². The Morgan fingerprint density at radius 1 is 1.19 bits per heavy atom. The standard InChI is InChI=1S/C23H45NO5SSi/c1-17-16-20(28-30(5,26)27)23(12-9-14-24-13-8-10-19(23)24)18(11-15-25)21(17)29-31(6,7)22(2,3)4/h17-21,25H,8-16H2,1-7H3/t17-,18+,19+,20+,21-,23-/m0/s1.